The molecule has 0 bridgehead atoms. The number of esters is 1. The van der Waals surface area contributed by atoms with Gasteiger partial charge in [0.25, 0.3) is 0 Å². The van der Waals surface area contributed by atoms with E-state index in [1.807, 2.05) is 16.8 Å². The summed E-state index contributed by atoms with van der Waals surface area (Å²) in [6.07, 6.45) is 4.76. The number of rotatable bonds is 7. The number of methoxy groups -OCH3 is 1. The molecule has 1 atom stereocenters. The van der Waals surface area contributed by atoms with Crippen molar-refractivity contribution in [2.75, 3.05) is 30.8 Å². The minimum Gasteiger partial charge on any atom is -0.469 e. The van der Waals surface area contributed by atoms with Gasteiger partial charge in [0.15, 0.2) is 0 Å². The number of nitrogens with zero attached hydrogens (tertiary/aromatic N) is 3. The van der Waals surface area contributed by atoms with Gasteiger partial charge in [0.2, 0.25) is 0 Å². The number of hydrogen-bond donors (Lipinski definition) is 2. The van der Waals surface area contributed by atoms with Crippen LogP contribution < -0.4 is 10.6 Å². The first-order valence-corrected chi connectivity index (χ1v) is 10.5. The second-order valence-corrected chi connectivity index (χ2v) is 7.86. The smallest absolute Gasteiger partial charge is 0.324 e. The summed E-state index contributed by atoms with van der Waals surface area (Å²) in [6.45, 7) is 3.97. The van der Waals surface area contributed by atoms with Crippen LogP contribution >= 0.6 is 11.6 Å². The quantitative estimate of drug-likeness (QED) is 0.640. The average Bonchev–Trinajstić information content (AvgIpc) is 3.21. The zero-order valence-electron chi connectivity index (χ0n) is 17.3. The summed E-state index contributed by atoms with van der Waals surface area (Å²) in [4.78, 5) is 26.1. The molecule has 1 aromatic carbocycles. The van der Waals surface area contributed by atoms with E-state index in [0.717, 1.165) is 32.4 Å². The van der Waals surface area contributed by atoms with Crippen LogP contribution in [0.5, 0.6) is 0 Å². The molecule has 2 N–H and O–H groups in total. The first-order chi connectivity index (χ1) is 14.5. The monoisotopic (exact) mass is 433 g/mol. The van der Waals surface area contributed by atoms with Crippen LogP contribution in [0.4, 0.5) is 16.3 Å². The summed E-state index contributed by atoms with van der Waals surface area (Å²) in [5.74, 6) is 0.482. The van der Waals surface area contributed by atoms with E-state index in [-0.39, 0.29) is 18.0 Å². The standard InChI is InChI=1S/C21H28ClN5O3/c1-15(7-8-20(28)30-2)26-13-10-16(11-14-26)27-19(9-12-23-27)25-21(29)24-18-6-4-3-5-17(18)22/h3-6,9,12,15-16H,7-8,10-11,13-14H2,1-2H3,(H2,24,25,29)/t15-/m1/s1. The maximum atomic E-state index is 12.4. The van der Waals surface area contributed by atoms with E-state index in [2.05, 4.69) is 27.6 Å². The lowest BCUT2D eigenvalue weighted by Crippen LogP contribution is -2.41. The molecule has 1 aliphatic rings. The molecule has 0 saturated carbocycles. The second-order valence-electron chi connectivity index (χ2n) is 7.45. The van der Waals surface area contributed by atoms with Crippen LogP contribution in [0, 0.1) is 0 Å². The third-order valence-corrected chi connectivity index (χ3v) is 5.83. The van der Waals surface area contributed by atoms with Gasteiger partial charge in [-0.3, -0.25) is 10.1 Å². The second kappa shape index (κ2) is 10.4. The van der Waals surface area contributed by atoms with Gasteiger partial charge in [0.05, 0.1) is 30.1 Å². The molecular formula is C21H28ClN5O3. The highest BCUT2D eigenvalue weighted by molar-refractivity contribution is 6.33. The Bertz CT molecular complexity index is 864. The summed E-state index contributed by atoms with van der Waals surface area (Å²) >= 11 is 6.10. The SMILES string of the molecule is COC(=O)CC[C@@H](C)N1CCC(n2nccc2NC(=O)Nc2ccccc2Cl)CC1. The molecule has 1 fully saturated rings. The highest BCUT2D eigenvalue weighted by atomic mass is 35.5. The number of piperidine rings is 1. The maximum absolute atomic E-state index is 12.4. The topological polar surface area (TPSA) is 88.5 Å². The number of aromatic nitrogens is 2. The summed E-state index contributed by atoms with van der Waals surface area (Å²) < 4.78 is 6.60. The average molecular weight is 434 g/mol. The fraction of sp³-hybridized carbons (Fsp3) is 0.476. The molecule has 8 nitrogen and oxygen atoms in total. The Hall–Kier alpha value is -2.58. The number of hydrogen-bond acceptors (Lipinski definition) is 5. The number of ether oxygens (including phenoxy) is 1. The molecule has 1 aliphatic heterocycles. The molecule has 1 saturated heterocycles. The van der Waals surface area contributed by atoms with Crippen molar-refractivity contribution in [2.24, 2.45) is 0 Å². The van der Waals surface area contributed by atoms with Crippen molar-refractivity contribution >= 4 is 35.1 Å². The van der Waals surface area contributed by atoms with Crippen molar-refractivity contribution in [3.63, 3.8) is 0 Å². The number of halogens is 1. The van der Waals surface area contributed by atoms with E-state index in [9.17, 15) is 9.59 Å². The van der Waals surface area contributed by atoms with Crippen LogP contribution in [0.15, 0.2) is 36.5 Å². The molecule has 2 amide bonds. The van der Waals surface area contributed by atoms with E-state index >= 15 is 0 Å². The van der Waals surface area contributed by atoms with Gasteiger partial charge in [-0.25, -0.2) is 9.48 Å². The Morgan fingerprint density at radius 3 is 2.67 bits per heavy atom. The number of anilines is 2. The molecule has 0 unspecified atom stereocenters. The predicted molar refractivity (Wildman–Crippen MR) is 117 cm³/mol. The van der Waals surface area contributed by atoms with Crippen LogP contribution in [-0.2, 0) is 9.53 Å². The molecule has 0 spiro atoms. The molecule has 0 aliphatic carbocycles. The maximum Gasteiger partial charge on any atom is 0.324 e. The number of amides is 2. The van der Waals surface area contributed by atoms with Gasteiger partial charge in [-0.15, -0.1) is 0 Å². The van der Waals surface area contributed by atoms with Crippen molar-refractivity contribution in [3.8, 4) is 0 Å². The van der Waals surface area contributed by atoms with Gasteiger partial charge in [0, 0.05) is 31.6 Å². The fourth-order valence-corrected chi connectivity index (χ4v) is 3.90. The zero-order chi connectivity index (χ0) is 21.5. The Labute approximate surface area is 181 Å². The molecule has 1 aromatic heterocycles. The van der Waals surface area contributed by atoms with Crippen LogP contribution in [-0.4, -0.2) is 52.9 Å². The third kappa shape index (κ3) is 5.73. The number of carbonyl (C=O) groups excluding carboxylic acids is 2. The minimum absolute atomic E-state index is 0.168. The largest absolute Gasteiger partial charge is 0.469 e. The summed E-state index contributed by atoms with van der Waals surface area (Å²) in [7, 11) is 1.42. The van der Waals surface area contributed by atoms with Crippen molar-refractivity contribution < 1.29 is 14.3 Å². The van der Waals surface area contributed by atoms with E-state index in [1.54, 1.807) is 24.4 Å². The van der Waals surface area contributed by atoms with Gasteiger partial charge in [0.1, 0.15) is 5.82 Å². The molecule has 9 heteroatoms. The lowest BCUT2D eigenvalue weighted by Gasteiger charge is -2.36. The van der Waals surface area contributed by atoms with Crippen LogP contribution in [0.3, 0.4) is 0 Å². The van der Waals surface area contributed by atoms with Crippen molar-refractivity contribution in [2.45, 2.75) is 44.7 Å². The summed E-state index contributed by atoms with van der Waals surface area (Å²) in [6, 6.07) is 9.05. The van der Waals surface area contributed by atoms with Crippen molar-refractivity contribution in [3.05, 3.63) is 41.6 Å². The lowest BCUT2D eigenvalue weighted by atomic mass is 10.0. The Balaban J connectivity index is 1.53. The van der Waals surface area contributed by atoms with Gasteiger partial charge in [-0.1, -0.05) is 23.7 Å². The minimum atomic E-state index is -0.362. The van der Waals surface area contributed by atoms with Gasteiger partial charge >= 0.3 is 12.0 Å². The van der Waals surface area contributed by atoms with Gasteiger partial charge in [-0.2, -0.15) is 5.10 Å². The molecule has 2 heterocycles. The van der Waals surface area contributed by atoms with E-state index < -0.39 is 0 Å². The first kappa shape index (κ1) is 22.1. The molecule has 3 rings (SSSR count). The molecule has 0 radical (unpaired) electrons. The third-order valence-electron chi connectivity index (χ3n) is 5.50. The zero-order valence-corrected chi connectivity index (χ0v) is 18.1. The van der Waals surface area contributed by atoms with Crippen molar-refractivity contribution in [1.29, 1.82) is 0 Å². The number of benzene rings is 1. The molecule has 30 heavy (non-hydrogen) atoms. The number of carbonyl (C=O) groups is 2. The summed E-state index contributed by atoms with van der Waals surface area (Å²) in [5.41, 5.74) is 0.553. The van der Waals surface area contributed by atoms with Crippen LogP contribution in [0.25, 0.3) is 0 Å². The van der Waals surface area contributed by atoms with Crippen LogP contribution in [0.1, 0.15) is 38.6 Å². The highest BCUT2D eigenvalue weighted by Crippen LogP contribution is 2.27. The number of likely N-dealkylation sites (tertiary alicyclic amines) is 1. The molecule has 162 valence electrons. The normalized spacial score (nSPS) is 16.1. The number of urea groups is 1. The lowest BCUT2D eigenvalue weighted by molar-refractivity contribution is -0.141. The van der Waals surface area contributed by atoms with E-state index in [4.69, 9.17) is 16.3 Å². The Kier molecular flexibility index (Phi) is 7.70. The van der Waals surface area contributed by atoms with Gasteiger partial charge in [-0.05, 0) is 38.3 Å². The predicted octanol–water partition coefficient (Wildman–Crippen LogP) is 4.16. The number of para-hydroxylation sites is 1. The van der Waals surface area contributed by atoms with Gasteiger partial charge < -0.3 is 15.0 Å². The van der Waals surface area contributed by atoms with E-state index in [0.29, 0.717) is 29.0 Å². The number of nitrogens with one attached hydrogen (secondary N) is 2. The fourth-order valence-electron chi connectivity index (χ4n) is 3.72. The summed E-state index contributed by atoms with van der Waals surface area (Å²) in [5, 5.41) is 10.5. The van der Waals surface area contributed by atoms with E-state index in [1.165, 1.54) is 7.11 Å². The Morgan fingerprint density at radius 2 is 1.97 bits per heavy atom. The van der Waals surface area contributed by atoms with Crippen molar-refractivity contribution in [1.82, 2.24) is 14.7 Å². The first-order valence-electron chi connectivity index (χ1n) is 10.1. The Morgan fingerprint density at radius 1 is 1.23 bits per heavy atom. The van der Waals surface area contributed by atoms with Crippen LogP contribution in [0.2, 0.25) is 5.02 Å². The molecular weight excluding hydrogens is 406 g/mol. The highest BCUT2D eigenvalue weighted by Gasteiger charge is 2.26. The molecule has 2 aromatic rings.